The van der Waals surface area contributed by atoms with E-state index in [1.165, 1.54) is 6.33 Å². The van der Waals surface area contributed by atoms with Crippen LogP contribution in [0.25, 0.3) is 16.9 Å². The van der Waals surface area contributed by atoms with Crippen LogP contribution in [0.15, 0.2) is 36.8 Å². The molecule has 6 nitrogen and oxygen atoms in total. The lowest BCUT2D eigenvalue weighted by molar-refractivity contribution is 0.397. The van der Waals surface area contributed by atoms with Crippen LogP contribution < -0.4 is 10.1 Å². The van der Waals surface area contributed by atoms with Crippen molar-refractivity contribution in [1.29, 1.82) is 0 Å². The van der Waals surface area contributed by atoms with Crippen molar-refractivity contribution in [2.75, 3.05) is 7.11 Å². The molecule has 0 fully saturated rings. The van der Waals surface area contributed by atoms with Crippen molar-refractivity contribution < 1.29 is 4.74 Å². The van der Waals surface area contributed by atoms with E-state index in [1.54, 1.807) is 17.9 Å². The predicted molar refractivity (Wildman–Crippen MR) is 94.4 cm³/mol. The number of hydrogen-bond acceptors (Lipinski definition) is 5. The lowest BCUT2D eigenvalue weighted by atomic mass is 10.1. The van der Waals surface area contributed by atoms with Crippen LogP contribution in [0, 0.1) is 0 Å². The van der Waals surface area contributed by atoms with Crippen LogP contribution in [0.1, 0.15) is 13.8 Å². The number of methoxy groups -OCH3 is 1. The van der Waals surface area contributed by atoms with E-state index in [-0.39, 0.29) is 0 Å². The summed E-state index contributed by atoms with van der Waals surface area (Å²) >= 11 is 6.18. The third-order valence-electron chi connectivity index (χ3n) is 3.26. The lowest BCUT2D eigenvalue weighted by Gasteiger charge is -2.10. The van der Waals surface area contributed by atoms with E-state index in [1.807, 2.05) is 24.4 Å². The Bertz CT molecular complexity index is 852. The quantitative estimate of drug-likeness (QED) is 0.656. The van der Waals surface area contributed by atoms with Crippen molar-refractivity contribution in [2.24, 2.45) is 0 Å². The van der Waals surface area contributed by atoms with Gasteiger partial charge in [0.2, 0.25) is 5.88 Å². The summed E-state index contributed by atoms with van der Waals surface area (Å²) in [7, 11) is 2.19. The molecule has 0 amide bonds. The van der Waals surface area contributed by atoms with Gasteiger partial charge in [0.1, 0.15) is 15.8 Å². The summed E-state index contributed by atoms with van der Waals surface area (Å²) in [6.07, 6.45) is 3.41. The fourth-order valence-corrected chi connectivity index (χ4v) is 3.32. The molecule has 24 heavy (non-hydrogen) atoms. The first-order chi connectivity index (χ1) is 11.6. The molecule has 3 aromatic rings. The number of rotatable bonds is 5. The molecule has 2 aromatic heterocycles. The van der Waals surface area contributed by atoms with Gasteiger partial charge in [-0.1, -0.05) is 30.7 Å². The average Bonchev–Trinajstić information content (AvgIpc) is 3.02. The number of halogens is 1. The topological polar surface area (TPSA) is 65.7 Å². The van der Waals surface area contributed by atoms with E-state index >= 15 is 0 Å². The normalized spacial score (nSPS) is 11.0. The fourth-order valence-electron chi connectivity index (χ4n) is 2.26. The SMILES string of the molecule is COc1cc(-c2cc(Cl)ccc2-n2cc([Si]C(C)C)nn2)ncn1. The van der Waals surface area contributed by atoms with E-state index in [0.717, 1.165) is 16.6 Å². The van der Waals surface area contributed by atoms with Gasteiger partial charge in [-0.25, -0.2) is 14.6 Å². The Balaban J connectivity index is 2.07. The predicted octanol–water partition coefficient (Wildman–Crippen LogP) is 2.54. The van der Waals surface area contributed by atoms with Gasteiger partial charge in [0.25, 0.3) is 0 Å². The minimum atomic E-state index is 0.492. The smallest absolute Gasteiger partial charge is 0.216 e. The number of ether oxygens (including phenoxy) is 1. The van der Waals surface area contributed by atoms with E-state index in [4.69, 9.17) is 16.3 Å². The third-order valence-corrected chi connectivity index (χ3v) is 4.60. The molecule has 2 heterocycles. The highest BCUT2D eigenvalue weighted by Gasteiger charge is 2.13. The summed E-state index contributed by atoms with van der Waals surface area (Å²) in [6.45, 7) is 4.33. The monoisotopic (exact) mass is 357 g/mol. The van der Waals surface area contributed by atoms with Crippen molar-refractivity contribution in [2.45, 2.75) is 19.4 Å². The Kier molecular flexibility index (Phi) is 4.91. The fraction of sp³-hybridized carbons (Fsp3) is 0.250. The van der Waals surface area contributed by atoms with Crippen molar-refractivity contribution in [3.63, 3.8) is 0 Å². The molecule has 0 N–H and O–H groups in total. The maximum absolute atomic E-state index is 6.18. The maximum atomic E-state index is 6.18. The van der Waals surface area contributed by atoms with Crippen LogP contribution in [-0.4, -0.2) is 41.6 Å². The Hall–Kier alpha value is -2.25. The molecule has 0 bridgehead atoms. The van der Waals surface area contributed by atoms with Gasteiger partial charge in [0, 0.05) is 22.8 Å². The van der Waals surface area contributed by atoms with Gasteiger partial charge in [0.05, 0.1) is 23.8 Å². The highest BCUT2D eigenvalue weighted by atomic mass is 35.5. The second kappa shape index (κ2) is 7.10. The zero-order chi connectivity index (χ0) is 17.1. The zero-order valence-electron chi connectivity index (χ0n) is 13.6. The van der Waals surface area contributed by atoms with Gasteiger partial charge in [-0.05, 0) is 23.7 Å². The van der Waals surface area contributed by atoms with Crippen molar-refractivity contribution in [3.8, 4) is 22.8 Å². The molecule has 0 unspecified atom stereocenters. The maximum Gasteiger partial charge on any atom is 0.216 e. The second-order valence-corrected chi connectivity index (χ2v) is 7.85. The first kappa shape index (κ1) is 16.6. The van der Waals surface area contributed by atoms with Crippen LogP contribution >= 0.6 is 11.6 Å². The van der Waals surface area contributed by atoms with E-state index < -0.39 is 0 Å². The molecule has 122 valence electrons. The van der Waals surface area contributed by atoms with Crippen molar-refractivity contribution >= 4 is 26.4 Å². The zero-order valence-corrected chi connectivity index (χ0v) is 15.3. The molecule has 0 aliphatic carbocycles. The average molecular weight is 358 g/mol. The standard InChI is InChI=1S/C16H16ClN5OSi/c1-10(2)24-16-8-22(21-20-16)14-5-4-11(17)6-12(14)13-7-15(23-3)19-9-18-13/h4-10H,1-3H3. The van der Waals surface area contributed by atoms with Crippen LogP contribution in [0.5, 0.6) is 5.88 Å². The summed E-state index contributed by atoms with van der Waals surface area (Å²) in [5.41, 5.74) is 2.95. The molecule has 0 aliphatic heterocycles. The van der Waals surface area contributed by atoms with Crippen LogP contribution in [0.2, 0.25) is 10.6 Å². The number of aromatic nitrogens is 5. The van der Waals surface area contributed by atoms with Crippen LogP contribution in [0.4, 0.5) is 0 Å². The summed E-state index contributed by atoms with van der Waals surface area (Å²) in [4.78, 5) is 8.38. The molecule has 0 atom stereocenters. The van der Waals surface area contributed by atoms with Gasteiger partial charge in [0.15, 0.2) is 0 Å². The Morgan fingerprint density at radius 3 is 2.79 bits per heavy atom. The van der Waals surface area contributed by atoms with Crippen LogP contribution in [-0.2, 0) is 0 Å². The highest BCUT2D eigenvalue weighted by Crippen LogP contribution is 2.29. The number of nitrogens with zero attached hydrogens (tertiary/aromatic N) is 5. The van der Waals surface area contributed by atoms with E-state index in [0.29, 0.717) is 31.7 Å². The summed E-state index contributed by atoms with van der Waals surface area (Å²) in [6, 6.07) is 7.35. The molecule has 3 rings (SSSR count). The van der Waals surface area contributed by atoms with Gasteiger partial charge < -0.3 is 4.74 Å². The van der Waals surface area contributed by atoms with Gasteiger partial charge in [-0.3, -0.25) is 0 Å². The van der Waals surface area contributed by atoms with Gasteiger partial charge in [-0.2, -0.15) is 0 Å². The Morgan fingerprint density at radius 1 is 1.21 bits per heavy atom. The second-order valence-electron chi connectivity index (χ2n) is 5.45. The summed E-state index contributed by atoms with van der Waals surface area (Å²) in [5.74, 6) is 0.492. The molecular weight excluding hydrogens is 342 g/mol. The minimum absolute atomic E-state index is 0.492. The third kappa shape index (κ3) is 3.63. The molecule has 0 saturated carbocycles. The number of benzene rings is 1. The van der Waals surface area contributed by atoms with Crippen LogP contribution in [0.3, 0.4) is 0 Å². The molecule has 2 radical (unpaired) electrons. The molecular formula is C16H16ClN5OSi. The Labute approximate surface area is 147 Å². The molecule has 0 saturated heterocycles. The van der Waals surface area contributed by atoms with E-state index in [9.17, 15) is 0 Å². The molecule has 0 aliphatic rings. The lowest BCUT2D eigenvalue weighted by Crippen LogP contribution is -2.17. The first-order valence-corrected chi connectivity index (χ1v) is 8.87. The summed E-state index contributed by atoms with van der Waals surface area (Å²) < 4.78 is 6.94. The number of hydrogen-bond donors (Lipinski definition) is 0. The van der Waals surface area contributed by atoms with E-state index in [2.05, 4.69) is 34.1 Å². The minimum Gasteiger partial charge on any atom is -0.481 e. The van der Waals surface area contributed by atoms with Gasteiger partial charge in [-0.15, -0.1) is 5.10 Å². The Morgan fingerprint density at radius 2 is 2.04 bits per heavy atom. The highest BCUT2D eigenvalue weighted by molar-refractivity contribution is 6.53. The molecule has 0 spiro atoms. The van der Waals surface area contributed by atoms with Crippen molar-refractivity contribution in [3.05, 3.63) is 41.8 Å². The molecule has 8 heteroatoms. The molecule has 1 aromatic carbocycles. The van der Waals surface area contributed by atoms with Crippen molar-refractivity contribution in [1.82, 2.24) is 25.0 Å². The first-order valence-electron chi connectivity index (χ1n) is 7.42. The van der Waals surface area contributed by atoms with Gasteiger partial charge >= 0.3 is 0 Å². The largest absolute Gasteiger partial charge is 0.481 e. The summed E-state index contributed by atoms with van der Waals surface area (Å²) in [5, 5.41) is 10.1.